The third-order valence-electron chi connectivity index (χ3n) is 3.12. The van der Waals surface area contributed by atoms with Crippen molar-refractivity contribution in [3.8, 4) is 11.5 Å². The molecule has 24 heavy (non-hydrogen) atoms. The maximum absolute atomic E-state index is 12.0. The van der Waals surface area contributed by atoms with Crippen LogP contribution < -0.4 is 20.1 Å². The van der Waals surface area contributed by atoms with Gasteiger partial charge in [0.1, 0.15) is 6.42 Å². The Morgan fingerprint density at radius 3 is 2.21 bits per heavy atom. The van der Waals surface area contributed by atoms with Gasteiger partial charge >= 0.3 is 0 Å². The lowest BCUT2D eigenvalue weighted by atomic mass is 10.2. The maximum Gasteiger partial charge on any atom is 0.233 e. The second-order valence-corrected chi connectivity index (χ2v) is 5.87. The van der Waals surface area contributed by atoms with E-state index in [1.165, 1.54) is 0 Å². The van der Waals surface area contributed by atoms with E-state index in [1.807, 2.05) is 0 Å². The number of carbonyl (C=O) groups excluding carboxylic acids is 2. The number of carbonyl (C=O) groups is 2. The van der Waals surface area contributed by atoms with Crippen molar-refractivity contribution in [2.24, 2.45) is 0 Å². The Bertz CT molecular complexity index is 790. The number of ether oxygens (including phenoxy) is 2. The van der Waals surface area contributed by atoms with E-state index < -0.39 is 11.8 Å². The number of amides is 2. The molecule has 1 aliphatic rings. The van der Waals surface area contributed by atoms with E-state index in [4.69, 9.17) is 32.7 Å². The summed E-state index contributed by atoms with van der Waals surface area (Å²) in [6.07, 6.45) is -0.349. The summed E-state index contributed by atoms with van der Waals surface area (Å²) in [6, 6.07) is 9.62. The molecule has 0 atom stereocenters. The van der Waals surface area contributed by atoms with Gasteiger partial charge in [-0.05, 0) is 30.3 Å². The van der Waals surface area contributed by atoms with Gasteiger partial charge < -0.3 is 20.1 Å². The van der Waals surface area contributed by atoms with Gasteiger partial charge in [0.2, 0.25) is 18.6 Å². The van der Waals surface area contributed by atoms with Crippen molar-refractivity contribution < 1.29 is 19.1 Å². The summed E-state index contributed by atoms with van der Waals surface area (Å²) in [4.78, 5) is 23.9. The van der Waals surface area contributed by atoms with Crippen LogP contribution in [0, 0.1) is 0 Å². The van der Waals surface area contributed by atoms with Gasteiger partial charge in [-0.15, -0.1) is 0 Å². The minimum atomic E-state index is -0.480. The van der Waals surface area contributed by atoms with E-state index >= 15 is 0 Å². The second kappa shape index (κ2) is 6.98. The Kier molecular flexibility index (Phi) is 4.78. The van der Waals surface area contributed by atoms with Gasteiger partial charge in [-0.3, -0.25) is 9.59 Å². The summed E-state index contributed by atoms with van der Waals surface area (Å²) in [5.41, 5.74) is 0.941. The second-order valence-electron chi connectivity index (χ2n) is 5.00. The highest BCUT2D eigenvalue weighted by atomic mass is 35.5. The lowest BCUT2D eigenvalue weighted by Crippen LogP contribution is -2.21. The van der Waals surface area contributed by atoms with Crippen LogP contribution in [0.2, 0.25) is 10.0 Å². The van der Waals surface area contributed by atoms with E-state index in [0.29, 0.717) is 32.9 Å². The molecule has 0 unspecified atom stereocenters. The summed E-state index contributed by atoms with van der Waals surface area (Å²) in [6.45, 7) is 0.150. The van der Waals surface area contributed by atoms with Crippen molar-refractivity contribution in [3.05, 3.63) is 46.4 Å². The van der Waals surface area contributed by atoms with Crippen molar-refractivity contribution in [1.82, 2.24) is 0 Å². The number of halogens is 2. The number of hydrogen-bond acceptors (Lipinski definition) is 4. The first-order valence-electron chi connectivity index (χ1n) is 6.95. The van der Waals surface area contributed by atoms with Gasteiger partial charge in [0.05, 0.1) is 0 Å². The summed E-state index contributed by atoms with van der Waals surface area (Å²) in [7, 11) is 0. The van der Waals surface area contributed by atoms with Crippen molar-refractivity contribution in [3.63, 3.8) is 0 Å². The SMILES string of the molecule is O=C(CC(=O)Nc1ccc2c(c1)OCO2)Nc1cc(Cl)cc(Cl)c1. The minimum Gasteiger partial charge on any atom is -0.454 e. The van der Waals surface area contributed by atoms with E-state index in [0.717, 1.165) is 0 Å². The van der Waals surface area contributed by atoms with Gasteiger partial charge in [-0.25, -0.2) is 0 Å². The molecule has 124 valence electrons. The predicted octanol–water partition coefficient (Wildman–Crippen LogP) is 3.69. The molecule has 0 bridgehead atoms. The first-order valence-corrected chi connectivity index (χ1v) is 7.70. The molecule has 0 radical (unpaired) electrons. The van der Waals surface area contributed by atoms with Crippen LogP contribution in [0.15, 0.2) is 36.4 Å². The summed E-state index contributed by atoms with van der Waals surface area (Å²) < 4.78 is 10.4. The highest BCUT2D eigenvalue weighted by Gasteiger charge is 2.15. The standard InChI is InChI=1S/C16H12Cl2N2O4/c17-9-3-10(18)5-12(4-9)20-16(22)7-15(21)19-11-1-2-13-14(6-11)24-8-23-13/h1-6H,7-8H2,(H,19,21)(H,20,22). The lowest BCUT2D eigenvalue weighted by Gasteiger charge is -2.08. The summed E-state index contributed by atoms with van der Waals surface area (Å²) in [5.74, 6) is 0.223. The highest BCUT2D eigenvalue weighted by Crippen LogP contribution is 2.34. The Morgan fingerprint density at radius 2 is 1.50 bits per heavy atom. The molecular weight excluding hydrogens is 355 g/mol. The Morgan fingerprint density at radius 1 is 0.875 bits per heavy atom. The normalized spacial score (nSPS) is 11.9. The molecule has 0 fully saturated rings. The van der Waals surface area contributed by atoms with Crippen molar-refractivity contribution >= 4 is 46.4 Å². The number of rotatable bonds is 4. The molecule has 2 aromatic rings. The zero-order valence-electron chi connectivity index (χ0n) is 12.3. The van der Waals surface area contributed by atoms with E-state index in [1.54, 1.807) is 36.4 Å². The average molecular weight is 367 g/mol. The molecule has 1 heterocycles. The van der Waals surface area contributed by atoms with Crippen molar-refractivity contribution in [2.45, 2.75) is 6.42 Å². The largest absolute Gasteiger partial charge is 0.454 e. The smallest absolute Gasteiger partial charge is 0.233 e. The number of hydrogen-bond donors (Lipinski definition) is 2. The molecule has 2 N–H and O–H groups in total. The molecule has 0 aromatic heterocycles. The van der Waals surface area contributed by atoms with Crippen LogP contribution in [-0.4, -0.2) is 18.6 Å². The number of anilines is 2. The van der Waals surface area contributed by atoms with Gasteiger partial charge in [0.15, 0.2) is 11.5 Å². The Balaban J connectivity index is 1.57. The quantitative estimate of drug-likeness (QED) is 0.809. The zero-order chi connectivity index (χ0) is 17.1. The van der Waals surface area contributed by atoms with E-state index in [-0.39, 0.29) is 13.2 Å². The summed E-state index contributed by atoms with van der Waals surface area (Å²) >= 11 is 11.7. The van der Waals surface area contributed by atoms with Crippen LogP contribution >= 0.6 is 23.2 Å². The van der Waals surface area contributed by atoms with Crippen LogP contribution in [0.1, 0.15) is 6.42 Å². The molecule has 0 spiro atoms. The van der Waals surface area contributed by atoms with Crippen LogP contribution in [0.25, 0.3) is 0 Å². The topological polar surface area (TPSA) is 76.7 Å². The fourth-order valence-corrected chi connectivity index (χ4v) is 2.68. The van der Waals surface area contributed by atoms with Gasteiger partial charge in [-0.1, -0.05) is 23.2 Å². The molecule has 2 aromatic carbocycles. The molecule has 6 nitrogen and oxygen atoms in total. The van der Waals surface area contributed by atoms with E-state index in [9.17, 15) is 9.59 Å². The Hall–Kier alpha value is -2.44. The fourth-order valence-electron chi connectivity index (χ4n) is 2.16. The molecule has 3 rings (SSSR count). The maximum atomic E-state index is 12.0. The van der Waals surface area contributed by atoms with Crippen molar-refractivity contribution in [1.29, 1.82) is 0 Å². The Labute approximate surface area is 147 Å². The molecule has 2 amide bonds. The molecule has 1 aliphatic heterocycles. The van der Waals surface area contributed by atoms with E-state index in [2.05, 4.69) is 10.6 Å². The van der Waals surface area contributed by atoms with Crippen LogP contribution in [-0.2, 0) is 9.59 Å². The van der Waals surface area contributed by atoms with Crippen LogP contribution in [0.5, 0.6) is 11.5 Å². The predicted molar refractivity (Wildman–Crippen MR) is 90.9 cm³/mol. The van der Waals surface area contributed by atoms with Crippen molar-refractivity contribution in [2.75, 3.05) is 17.4 Å². The number of nitrogens with one attached hydrogen (secondary N) is 2. The molecule has 0 saturated heterocycles. The average Bonchev–Trinajstić information content (AvgIpc) is 2.93. The third-order valence-corrected chi connectivity index (χ3v) is 3.56. The van der Waals surface area contributed by atoms with Crippen LogP contribution in [0.3, 0.4) is 0 Å². The van der Waals surface area contributed by atoms with Gasteiger partial charge in [-0.2, -0.15) is 0 Å². The lowest BCUT2D eigenvalue weighted by molar-refractivity contribution is -0.123. The fraction of sp³-hybridized carbons (Fsp3) is 0.125. The third kappa shape index (κ3) is 4.10. The molecule has 0 aliphatic carbocycles. The summed E-state index contributed by atoms with van der Waals surface area (Å²) in [5, 5.41) is 5.97. The van der Waals surface area contributed by atoms with Crippen LogP contribution in [0.4, 0.5) is 11.4 Å². The number of benzene rings is 2. The van der Waals surface area contributed by atoms with Gasteiger partial charge in [0.25, 0.3) is 0 Å². The number of fused-ring (bicyclic) bond motifs is 1. The first kappa shape index (κ1) is 16.4. The monoisotopic (exact) mass is 366 g/mol. The minimum absolute atomic E-state index is 0.150. The van der Waals surface area contributed by atoms with Gasteiger partial charge in [0, 0.05) is 27.5 Å². The molecular formula is C16H12Cl2N2O4. The zero-order valence-corrected chi connectivity index (χ0v) is 13.8. The molecule has 0 saturated carbocycles. The highest BCUT2D eigenvalue weighted by molar-refractivity contribution is 6.35. The molecule has 8 heteroatoms. The first-order chi connectivity index (χ1) is 11.5.